The minimum Gasteiger partial charge on any atom is -0.496 e. The maximum Gasteiger partial charge on any atom is 0.253 e. The van der Waals surface area contributed by atoms with Crippen molar-refractivity contribution >= 4 is 16.8 Å². The van der Waals surface area contributed by atoms with E-state index in [1.807, 2.05) is 23.2 Å². The van der Waals surface area contributed by atoms with Gasteiger partial charge in [0.15, 0.2) is 0 Å². The van der Waals surface area contributed by atoms with Crippen molar-refractivity contribution in [1.29, 1.82) is 0 Å². The normalized spacial score (nSPS) is 24.5. The molecule has 1 atom stereocenters. The number of amides is 1. The van der Waals surface area contributed by atoms with Gasteiger partial charge in [0.25, 0.3) is 5.91 Å². The van der Waals surface area contributed by atoms with Gasteiger partial charge in [0, 0.05) is 66.7 Å². The van der Waals surface area contributed by atoms with Crippen LogP contribution in [0.1, 0.15) is 71.6 Å². The molecule has 0 radical (unpaired) electrons. The summed E-state index contributed by atoms with van der Waals surface area (Å²) in [6.07, 6.45) is 6.03. The third-order valence-electron chi connectivity index (χ3n) is 9.98. The predicted octanol–water partition coefficient (Wildman–Crippen LogP) is 6.72. The van der Waals surface area contributed by atoms with E-state index in [2.05, 4.69) is 41.1 Å². The van der Waals surface area contributed by atoms with Gasteiger partial charge in [-0.2, -0.15) is 0 Å². The van der Waals surface area contributed by atoms with Crippen molar-refractivity contribution in [3.05, 3.63) is 64.8 Å². The summed E-state index contributed by atoms with van der Waals surface area (Å²) >= 11 is 0. The second-order valence-electron chi connectivity index (χ2n) is 12.7. The molecule has 2 saturated carbocycles. The SMILES string of the molecule is COc1cc(C)c2[nH]ccc2c1CN1CCC2(C[C@H]1c1ccc(C(=O)N3CC(C4CC4)C3)cc1)CC(F)(F)C2. The number of ether oxygens (including phenoxy) is 1. The van der Waals surface area contributed by atoms with Gasteiger partial charge in [0.05, 0.1) is 7.11 Å². The lowest BCUT2D eigenvalue weighted by atomic mass is 9.59. The van der Waals surface area contributed by atoms with Crippen LogP contribution in [0.5, 0.6) is 5.75 Å². The average Bonchev–Trinajstić information content (AvgIpc) is 3.58. The van der Waals surface area contributed by atoms with Crippen LogP contribution >= 0.6 is 0 Å². The fraction of sp³-hybridized carbons (Fsp3) is 0.531. The zero-order valence-electron chi connectivity index (χ0n) is 22.8. The summed E-state index contributed by atoms with van der Waals surface area (Å²) in [6.45, 7) is 5.26. The van der Waals surface area contributed by atoms with Gasteiger partial charge in [-0.15, -0.1) is 0 Å². The van der Waals surface area contributed by atoms with Crippen molar-refractivity contribution in [2.75, 3.05) is 26.7 Å². The van der Waals surface area contributed by atoms with E-state index in [0.29, 0.717) is 18.9 Å². The number of halogens is 2. The maximum absolute atomic E-state index is 14.1. The summed E-state index contributed by atoms with van der Waals surface area (Å²) in [5, 5.41) is 1.14. The Balaban J connectivity index is 1.15. The van der Waals surface area contributed by atoms with Crippen molar-refractivity contribution in [3.63, 3.8) is 0 Å². The summed E-state index contributed by atoms with van der Waals surface area (Å²) in [5.74, 6) is -0.0662. The van der Waals surface area contributed by atoms with E-state index in [1.165, 1.54) is 12.8 Å². The second kappa shape index (κ2) is 9.05. The number of aryl methyl sites for hydroxylation is 1. The van der Waals surface area contributed by atoms with Crippen LogP contribution in [-0.2, 0) is 6.54 Å². The number of aromatic amines is 1. The number of benzene rings is 2. The van der Waals surface area contributed by atoms with E-state index >= 15 is 0 Å². The van der Waals surface area contributed by atoms with Crippen LogP contribution in [0.3, 0.4) is 0 Å². The van der Waals surface area contributed by atoms with Gasteiger partial charge in [-0.1, -0.05) is 12.1 Å². The predicted molar refractivity (Wildman–Crippen MR) is 147 cm³/mol. The highest BCUT2D eigenvalue weighted by Crippen LogP contribution is 2.60. The zero-order chi connectivity index (χ0) is 26.9. The number of rotatable bonds is 6. The minimum absolute atomic E-state index is 0.00209. The number of H-pyrrole nitrogens is 1. The number of fused-ring (bicyclic) bond motifs is 1. The second-order valence-corrected chi connectivity index (χ2v) is 12.7. The molecule has 0 unspecified atom stereocenters. The number of hydrogen-bond donors (Lipinski definition) is 1. The number of alkyl halides is 2. The molecule has 1 spiro atoms. The molecule has 1 N–H and O–H groups in total. The molecule has 0 bridgehead atoms. The van der Waals surface area contributed by atoms with Gasteiger partial charge in [-0.05, 0) is 91.8 Å². The highest BCUT2D eigenvalue weighted by atomic mass is 19.3. The molecular weight excluding hydrogens is 496 g/mol. The molecule has 2 aromatic carbocycles. The van der Waals surface area contributed by atoms with Gasteiger partial charge in [-0.3, -0.25) is 9.69 Å². The number of nitrogens with one attached hydrogen (secondary N) is 1. The highest BCUT2D eigenvalue weighted by Gasteiger charge is 2.58. The number of piperidine rings is 1. The third-order valence-corrected chi connectivity index (χ3v) is 9.98. The Morgan fingerprint density at radius 1 is 1.10 bits per heavy atom. The van der Waals surface area contributed by atoms with Crippen molar-refractivity contribution in [3.8, 4) is 5.75 Å². The summed E-state index contributed by atoms with van der Waals surface area (Å²) in [4.78, 5) is 20.8. The minimum atomic E-state index is -2.55. The summed E-state index contributed by atoms with van der Waals surface area (Å²) in [5.41, 5.74) is 4.86. The number of carbonyl (C=O) groups is 1. The molecular formula is C32H37F2N3O2. The monoisotopic (exact) mass is 533 g/mol. The van der Waals surface area contributed by atoms with E-state index in [0.717, 1.165) is 70.9 Å². The van der Waals surface area contributed by atoms with Gasteiger partial charge in [0.2, 0.25) is 5.92 Å². The van der Waals surface area contributed by atoms with E-state index in [4.69, 9.17) is 4.74 Å². The Labute approximate surface area is 228 Å². The fourth-order valence-electron chi connectivity index (χ4n) is 7.62. The average molecular weight is 534 g/mol. The van der Waals surface area contributed by atoms with E-state index in [9.17, 15) is 13.6 Å². The molecule has 3 heterocycles. The number of nitrogens with zero attached hydrogens (tertiary/aromatic N) is 2. The Morgan fingerprint density at radius 2 is 1.85 bits per heavy atom. The van der Waals surface area contributed by atoms with Crippen molar-refractivity contribution in [2.45, 2.75) is 64.0 Å². The van der Waals surface area contributed by atoms with Crippen LogP contribution in [0.25, 0.3) is 10.9 Å². The Kier molecular flexibility index (Phi) is 5.82. The third kappa shape index (κ3) is 4.43. The molecule has 3 aromatic rings. The standard InChI is InChI=1S/C32H37F2N3O2/c1-20-13-28(39-2)26(25-9-11-35-29(20)25)17-36-12-10-31(18-32(33,34)19-31)14-27(36)22-5-7-23(8-6-22)30(38)37-15-24(16-37)21-3-4-21/h5-9,11,13,21,24,27,35H,3-4,10,12,14-19H2,1-2H3/t27-/m0/s1. The van der Waals surface area contributed by atoms with Gasteiger partial charge >= 0.3 is 0 Å². The summed E-state index contributed by atoms with van der Waals surface area (Å²) in [6, 6.07) is 12.2. The zero-order valence-corrected chi connectivity index (χ0v) is 22.8. The van der Waals surface area contributed by atoms with Crippen molar-refractivity contribution < 1.29 is 18.3 Å². The fourth-order valence-corrected chi connectivity index (χ4v) is 7.62. The lowest BCUT2D eigenvalue weighted by Crippen LogP contribution is -2.53. The molecule has 206 valence electrons. The molecule has 2 saturated heterocycles. The summed E-state index contributed by atoms with van der Waals surface area (Å²) in [7, 11) is 1.70. The van der Waals surface area contributed by atoms with Gasteiger partial charge in [0.1, 0.15) is 5.75 Å². The number of carbonyl (C=O) groups excluding carboxylic acids is 1. The highest BCUT2D eigenvalue weighted by molar-refractivity contribution is 5.94. The topological polar surface area (TPSA) is 48.6 Å². The Bertz CT molecular complexity index is 1400. The van der Waals surface area contributed by atoms with Crippen LogP contribution in [0.2, 0.25) is 0 Å². The van der Waals surface area contributed by atoms with Crippen molar-refractivity contribution in [2.24, 2.45) is 17.3 Å². The molecule has 39 heavy (non-hydrogen) atoms. The first-order valence-electron chi connectivity index (χ1n) is 14.4. The molecule has 7 heteroatoms. The van der Waals surface area contributed by atoms with Crippen molar-refractivity contribution in [1.82, 2.24) is 14.8 Å². The largest absolute Gasteiger partial charge is 0.496 e. The smallest absolute Gasteiger partial charge is 0.253 e. The number of methoxy groups -OCH3 is 1. The molecule has 1 aromatic heterocycles. The van der Waals surface area contributed by atoms with E-state index in [1.54, 1.807) is 7.11 Å². The van der Waals surface area contributed by atoms with Crippen LogP contribution in [0.15, 0.2) is 42.6 Å². The molecule has 2 aliphatic carbocycles. The first-order chi connectivity index (χ1) is 18.7. The molecule has 4 aliphatic rings. The van der Waals surface area contributed by atoms with Gasteiger partial charge < -0.3 is 14.6 Å². The van der Waals surface area contributed by atoms with E-state index in [-0.39, 0.29) is 30.2 Å². The van der Waals surface area contributed by atoms with Gasteiger partial charge in [-0.25, -0.2) is 8.78 Å². The maximum atomic E-state index is 14.1. The quantitative estimate of drug-likeness (QED) is 0.383. The lowest BCUT2D eigenvalue weighted by Gasteiger charge is -2.54. The number of hydrogen-bond acceptors (Lipinski definition) is 3. The van der Waals surface area contributed by atoms with E-state index < -0.39 is 5.92 Å². The van der Waals surface area contributed by atoms with Crippen LogP contribution in [0, 0.1) is 24.2 Å². The molecule has 7 rings (SSSR count). The molecule has 2 aliphatic heterocycles. The molecule has 5 nitrogen and oxygen atoms in total. The summed E-state index contributed by atoms with van der Waals surface area (Å²) < 4.78 is 34.0. The first-order valence-corrected chi connectivity index (χ1v) is 14.4. The Morgan fingerprint density at radius 3 is 2.51 bits per heavy atom. The first kappa shape index (κ1) is 25.1. The molecule has 4 fully saturated rings. The van der Waals surface area contributed by atoms with Crippen LogP contribution < -0.4 is 4.74 Å². The van der Waals surface area contributed by atoms with Crippen LogP contribution in [-0.4, -0.2) is 53.4 Å². The molecule has 1 amide bonds. The number of aromatic nitrogens is 1. The Hall–Kier alpha value is -2.93. The number of likely N-dealkylation sites (tertiary alicyclic amines) is 2. The lowest BCUT2D eigenvalue weighted by molar-refractivity contribution is -0.186. The van der Waals surface area contributed by atoms with Crippen LogP contribution in [0.4, 0.5) is 8.78 Å².